The second-order valence-corrected chi connectivity index (χ2v) is 4.70. The molecule has 2 aromatic rings. The normalized spacial score (nSPS) is 11.8. The first-order valence-corrected chi connectivity index (χ1v) is 6.99. The molecule has 0 aliphatic heterocycles. The van der Waals surface area contributed by atoms with Crippen LogP contribution < -0.4 is 10.6 Å². The van der Waals surface area contributed by atoms with Crippen LogP contribution in [0.3, 0.4) is 0 Å². The molecule has 1 heterocycles. The Morgan fingerprint density at radius 2 is 1.92 bits per heavy atom. The minimum atomic E-state index is -4.20. The first-order chi connectivity index (χ1) is 11.0. The first kappa shape index (κ1) is 20.3. The third-order valence-electron chi connectivity index (χ3n) is 2.94. The Kier molecular flexibility index (Phi) is 8.02. The summed E-state index contributed by atoms with van der Waals surface area (Å²) in [6.07, 6.45) is -3.52. The Hall–Kier alpha value is -1.78. The summed E-state index contributed by atoms with van der Waals surface area (Å²) < 4.78 is 41.9. The van der Waals surface area contributed by atoms with Gasteiger partial charge in [0.05, 0.1) is 19.2 Å². The fourth-order valence-electron chi connectivity index (χ4n) is 1.83. The van der Waals surface area contributed by atoms with Crippen LogP contribution in [0, 0.1) is 0 Å². The lowest BCUT2D eigenvalue weighted by Crippen LogP contribution is -2.38. The molecule has 0 saturated carbocycles. The number of oxazole rings is 1. The van der Waals surface area contributed by atoms with E-state index in [4.69, 9.17) is 4.42 Å². The van der Waals surface area contributed by atoms with Gasteiger partial charge in [0, 0.05) is 19.2 Å². The highest BCUT2D eigenvalue weighted by Gasteiger charge is 2.26. The van der Waals surface area contributed by atoms with Gasteiger partial charge in [-0.2, -0.15) is 13.2 Å². The van der Waals surface area contributed by atoms with E-state index < -0.39 is 12.6 Å². The molecule has 0 aliphatic rings. The Balaban J connectivity index is 0.00000288. The molecule has 0 aliphatic carbocycles. The van der Waals surface area contributed by atoms with Crippen LogP contribution in [0.25, 0.3) is 11.3 Å². The van der Waals surface area contributed by atoms with Crippen molar-refractivity contribution in [2.45, 2.75) is 19.1 Å². The van der Waals surface area contributed by atoms with Crippen LogP contribution in [0.5, 0.6) is 0 Å². The molecular weight excluding hydrogens is 436 g/mol. The van der Waals surface area contributed by atoms with Crippen molar-refractivity contribution in [1.82, 2.24) is 15.6 Å². The molecule has 2 N–H and O–H groups in total. The number of benzene rings is 1. The predicted molar refractivity (Wildman–Crippen MR) is 96.2 cm³/mol. The Morgan fingerprint density at radius 1 is 1.21 bits per heavy atom. The van der Waals surface area contributed by atoms with Gasteiger partial charge in [0.25, 0.3) is 0 Å². The number of hydrogen-bond acceptors (Lipinski definition) is 3. The van der Waals surface area contributed by atoms with Gasteiger partial charge in [-0.1, -0.05) is 30.3 Å². The van der Waals surface area contributed by atoms with Gasteiger partial charge in [-0.3, -0.25) is 4.99 Å². The van der Waals surface area contributed by atoms with Crippen LogP contribution in [0.4, 0.5) is 13.2 Å². The van der Waals surface area contributed by atoms with Gasteiger partial charge in [0.2, 0.25) is 5.89 Å². The summed E-state index contributed by atoms with van der Waals surface area (Å²) >= 11 is 0. The number of aromatic nitrogens is 1. The molecule has 0 unspecified atom stereocenters. The Morgan fingerprint density at radius 3 is 2.54 bits per heavy atom. The molecule has 9 heteroatoms. The van der Waals surface area contributed by atoms with Crippen LogP contribution in [0.1, 0.15) is 12.3 Å². The van der Waals surface area contributed by atoms with Crippen LogP contribution >= 0.6 is 24.0 Å². The van der Waals surface area contributed by atoms with E-state index in [1.807, 2.05) is 30.3 Å². The monoisotopic (exact) mass is 454 g/mol. The lowest BCUT2D eigenvalue weighted by Gasteiger charge is -2.11. The topological polar surface area (TPSA) is 62.5 Å². The number of nitrogens with one attached hydrogen (secondary N) is 2. The maximum Gasteiger partial charge on any atom is 0.390 e. The van der Waals surface area contributed by atoms with E-state index in [9.17, 15) is 13.2 Å². The molecule has 0 saturated heterocycles. The van der Waals surface area contributed by atoms with Crippen molar-refractivity contribution in [3.63, 3.8) is 0 Å². The van der Waals surface area contributed by atoms with Crippen molar-refractivity contribution in [3.8, 4) is 11.3 Å². The average Bonchev–Trinajstić information content (AvgIpc) is 2.99. The molecule has 24 heavy (non-hydrogen) atoms. The van der Waals surface area contributed by atoms with E-state index in [0.717, 1.165) is 5.56 Å². The third-order valence-corrected chi connectivity index (χ3v) is 2.94. The van der Waals surface area contributed by atoms with E-state index in [1.54, 1.807) is 6.20 Å². The summed E-state index contributed by atoms with van der Waals surface area (Å²) in [5, 5.41) is 5.44. The van der Waals surface area contributed by atoms with Crippen LogP contribution in [0.15, 0.2) is 45.9 Å². The summed E-state index contributed by atoms with van der Waals surface area (Å²) in [7, 11) is 1.48. The minimum Gasteiger partial charge on any atom is -0.439 e. The third kappa shape index (κ3) is 6.77. The number of guanidine groups is 1. The summed E-state index contributed by atoms with van der Waals surface area (Å²) in [5.74, 6) is 1.30. The zero-order chi connectivity index (χ0) is 16.7. The maximum absolute atomic E-state index is 12.1. The van der Waals surface area contributed by atoms with E-state index in [2.05, 4.69) is 20.6 Å². The molecular formula is C15H18F3IN4O. The summed E-state index contributed by atoms with van der Waals surface area (Å²) in [5.41, 5.74) is 0.902. The van der Waals surface area contributed by atoms with Crippen molar-refractivity contribution in [2.75, 3.05) is 13.6 Å². The quantitative estimate of drug-likeness (QED) is 0.412. The molecule has 132 valence electrons. The summed E-state index contributed by atoms with van der Waals surface area (Å²) in [6, 6.07) is 9.48. The fourth-order valence-corrected chi connectivity index (χ4v) is 1.83. The van der Waals surface area contributed by atoms with Crippen LogP contribution in [-0.2, 0) is 6.54 Å². The van der Waals surface area contributed by atoms with Crippen molar-refractivity contribution in [1.29, 1.82) is 0 Å². The Labute approximate surface area is 154 Å². The van der Waals surface area contributed by atoms with Crippen molar-refractivity contribution in [2.24, 2.45) is 4.99 Å². The second kappa shape index (κ2) is 9.50. The maximum atomic E-state index is 12.1. The van der Waals surface area contributed by atoms with Crippen LogP contribution in [-0.4, -0.2) is 30.7 Å². The molecule has 0 fully saturated rings. The second-order valence-electron chi connectivity index (χ2n) is 4.70. The lowest BCUT2D eigenvalue weighted by atomic mass is 10.2. The Bertz CT molecular complexity index is 644. The predicted octanol–water partition coefficient (Wildman–Crippen LogP) is 3.58. The lowest BCUT2D eigenvalue weighted by molar-refractivity contribution is -0.132. The molecule has 1 aromatic carbocycles. The first-order valence-electron chi connectivity index (χ1n) is 6.99. The molecule has 5 nitrogen and oxygen atoms in total. The average molecular weight is 454 g/mol. The van der Waals surface area contributed by atoms with Gasteiger partial charge in [0.15, 0.2) is 11.7 Å². The molecule has 0 amide bonds. The van der Waals surface area contributed by atoms with Gasteiger partial charge >= 0.3 is 6.18 Å². The highest BCUT2D eigenvalue weighted by Crippen LogP contribution is 2.19. The number of aliphatic imine (C=N–C) groups is 1. The largest absolute Gasteiger partial charge is 0.439 e. The van der Waals surface area contributed by atoms with Gasteiger partial charge < -0.3 is 15.1 Å². The van der Waals surface area contributed by atoms with E-state index >= 15 is 0 Å². The molecule has 0 spiro atoms. The summed E-state index contributed by atoms with van der Waals surface area (Å²) in [4.78, 5) is 7.97. The number of rotatable bonds is 5. The van der Waals surface area contributed by atoms with E-state index in [0.29, 0.717) is 11.7 Å². The fraction of sp³-hybridized carbons (Fsp3) is 0.333. The van der Waals surface area contributed by atoms with E-state index in [-0.39, 0.29) is 43.0 Å². The van der Waals surface area contributed by atoms with Crippen molar-refractivity contribution >= 4 is 29.9 Å². The highest BCUT2D eigenvalue weighted by molar-refractivity contribution is 14.0. The van der Waals surface area contributed by atoms with Gasteiger partial charge in [0.1, 0.15) is 0 Å². The minimum absolute atomic E-state index is 0. The smallest absolute Gasteiger partial charge is 0.390 e. The molecule has 0 radical (unpaired) electrons. The molecule has 0 atom stereocenters. The zero-order valence-electron chi connectivity index (χ0n) is 12.9. The SMILES string of the molecule is CN=C(NCCC(F)(F)F)NCc1ncc(-c2ccccc2)o1.I. The molecule has 0 bridgehead atoms. The van der Waals surface area contributed by atoms with Crippen molar-refractivity contribution in [3.05, 3.63) is 42.4 Å². The number of halogens is 4. The standard InChI is InChI=1S/C15H17F3N4O.HI/c1-19-14(20-8-7-15(16,17)18)22-10-13-21-9-12(23-13)11-5-3-2-4-6-11;/h2-6,9H,7-8,10H2,1H3,(H2,19,20,22);1H. The molecule has 1 aromatic heterocycles. The van der Waals surface area contributed by atoms with Gasteiger partial charge in [-0.25, -0.2) is 4.98 Å². The number of alkyl halides is 3. The number of hydrogen-bond donors (Lipinski definition) is 2. The van der Waals surface area contributed by atoms with Crippen LogP contribution in [0.2, 0.25) is 0 Å². The van der Waals surface area contributed by atoms with E-state index in [1.165, 1.54) is 7.05 Å². The number of nitrogens with zero attached hydrogens (tertiary/aromatic N) is 2. The molecule has 2 rings (SSSR count). The highest BCUT2D eigenvalue weighted by atomic mass is 127. The van der Waals surface area contributed by atoms with Gasteiger partial charge in [-0.05, 0) is 0 Å². The van der Waals surface area contributed by atoms with Crippen molar-refractivity contribution < 1.29 is 17.6 Å². The van der Waals surface area contributed by atoms with Gasteiger partial charge in [-0.15, -0.1) is 24.0 Å². The summed E-state index contributed by atoms with van der Waals surface area (Å²) in [6.45, 7) is -0.0253. The zero-order valence-corrected chi connectivity index (χ0v) is 15.3.